The van der Waals surface area contributed by atoms with Crippen molar-refractivity contribution in [2.45, 2.75) is 25.7 Å². The van der Waals surface area contributed by atoms with Crippen LogP contribution in [0.2, 0.25) is 0 Å². The highest BCUT2D eigenvalue weighted by Gasteiger charge is 2.45. The number of rotatable bonds is 4. The predicted molar refractivity (Wildman–Crippen MR) is 82.7 cm³/mol. The minimum absolute atomic E-state index is 0.0209. The van der Waals surface area contributed by atoms with E-state index < -0.39 is 10.0 Å². The summed E-state index contributed by atoms with van der Waals surface area (Å²) in [6.45, 7) is 4.75. The second kappa shape index (κ2) is 5.71. The van der Waals surface area contributed by atoms with Crippen LogP contribution in [0.3, 0.4) is 0 Å². The van der Waals surface area contributed by atoms with Crippen LogP contribution in [0.1, 0.15) is 31.2 Å². The van der Waals surface area contributed by atoms with Crippen molar-refractivity contribution in [1.82, 2.24) is 4.31 Å². The molecule has 1 aromatic carbocycles. The Labute approximate surface area is 127 Å². The van der Waals surface area contributed by atoms with Gasteiger partial charge in [0.05, 0.1) is 12.4 Å². The van der Waals surface area contributed by atoms with Crippen LogP contribution < -0.4 is 0 Å². The molecule has 0 saturated carbocycles. The monoisotopic (exact) mass is 309 g/mol. The van der Waals surface area contributed by atoms with Gasteiger partial charge < -0.3 is 4.74 Å². The number of nitrogens with zero attached hydrogens (tertiary/aromatic N) is 1. The number of benzene rings is 1. The van der Waals surface area contributed by atoms with E-state index >= 15 is 0 Å². The Morgan fingerprint density at radius 3 is 2.71 bits per heavy atom. The number of hydrogen-bond donors (Lipinski definition) is 0. The lowest BCUT2D eigenvalue weighted by Gasteiger charge is -2.23. The van der Waals surface area contributed by atoms with Crippen LogP contribution in [0.15, 0.2) is 30.3 Å². The SMILES string of the molecule is C[C@@H](CS(=O)(=O)N1CC[C@@]2(CCOC2)C1)c1ccccc1. The van der Waals surface area contributed by atoms with E-state index in [-0.39, 0.29) is 17.1 Å². The van der Waals surface area contributed by atoms with Crippen LogP contribution in [-0.4, -0.2) is 44.8 Å². The molecule has 1 aromatic rings. The summed E-state index contributed by atoms with van der Waals surface area (Å²) in [5, 5.41) is 0. The molecule has 3 rings (SSSR count). The van der Waals surface area contributed by atoms with Gasteiger partial charge in [0.15, 0.2) is 0 Å². The molecule has 0 N–H and O–H groups in total. The third-order valence-corrected chi connectivity index (χ3v) is 6.83. The van der Waals surface area contributed by atoms with E-state index in [0.29, 0.717) is 19.7 Å². The second-order valence-corrected chi connectivity index (χ2v) is 8.49. The van der Waals surface area contributed by atoms with Crippen molar-refractivity contribution in [2.24, 2.45) is 5.41 Å². The van der Waals surface area contributed by atoms with Gasteiger partial charge in [-0.2, -0.15) is 0 Å². The summed E-state index contributed by atoms with van der Waals surface area (Å²) in [5.74, 6) is 0.209. The maximum atomic E-state index is 12.6. The lowest BCUT2D eigenvalue weighted by atomic mass is 9.87. The fourth-order valence-electron chi connectivity index (χ4n) is 3.40. The molecular weight excluding hydrogens is 286 g/mol. The van der Waals surface area contributed by atoms with Crippen LogP contribution in [0, 0.1) is 5.41 Å². The van der Waals surface area contributed by atoms with Crippen molar-refractivity contribution in [1.29, 1.82) is 0 Å². The molecular formula is C16H23NO3S. The molecule has 0 bridgehead atoms. The molecule has 2 heterocycles. The zero-order chi connectivity index (χ0) is 14.9. The Bertz CT molecular complexity index is 579. The first kappa shape index (κ1) is 15.0. The van der Waals surface area contributed by atoms with Gasteiger partial charge in [0.25, 0.3) is 0 Å². The van der Waals surface area contributed by atoms with E-state index in [1.54, 1.807) is 4.31 Å². The zero-order valence-electron chi connectivity index (χ0n) is 12.5. The van der Waals surface area contributed by atoms with Crippen LogP contribution in [0.25, 0.3) is 0 Å². The molecule has 1 spiro atoms. The molecule has 2 saturated heterocycles. The number of hydrogen-bond acceptors (Lipinski definition) is 3. The first-order valence-electron chi connectivity index (χ1n) is 7.61. The molecule has 0 unspecified atom stereocenters. The van der Waals surface area contributed by atoms with Gasteiger partial charge in [-0.05, 0) is 24.3 Å². The van der Waals surface area contributed by atoms with Crippen molar-refractivity contribution < 1.29 is 13.2 Å². The number of ether oxygens (including phenoxy) is 1. The Morgan fingerprint density at radius 1 is 1.29 bits per heavy atom. The van der Waals surface area contributed by atoms with Crippen LogP contribution >= 0.6 is 0 Å². The van der Waals surface area contributed by atoms with Gasteiger partial charge in [-0.15, -0.1) is 0 Å². The van der Waals surface area contributed by atoms with Crippen molar-refractivity contribution >= 4 is 10.0 Å². The van der Waals surface area contributed by atoms with Crippen molar-refractivity contribution in [3.8, 4) is 0 Å². The summed E-state index contributed by atoms with van der Waals surface area (Å²) in [6, 6.07) is 9.86. The summed E-state index contributed by atoms with van der Waals surface area (Å²) >= 11 is 0. The standard InChI is InChI=1S/C16H23NO3S/c1-14(15-5-3-2-4-6-15)11-21(18,19)17-9-7-16(12-17)8-10-20-13-16/h2-6,14H,7-13H2,1H3/t14-,16+/m0/s1. The molecule has 0 aromatic heterocycles. The lowest BCUT2D eigenvalue weighted by molar-refractivity contribution is 0.157. The summed E-state index contributed by atoms with van der Waals surface area (Å²) < 4.78 is 32.4. The van der Waals surface area contributed by atoms with Crippen molar-refractivity contribution in [3.63, 3.8) is 0 Å². The van der Waals surface area contributed by atoms with E-state index in [1.165, 1.54) is 0 Å². The summed E-state index contributed by atoms with van der Waals surface area (Å²) in [6.07, 6.45) is 1.93. The quantitative estimate of drug-likeness (QED) is 0.857. The minimum atomic E-state index is -3.19. The van der Waals surface area contributed by atoms with Gasteiger partial charge in [0.1, 0.15) is 0 Å². The van der Waals surface area contributed by atoms with E-state index in [0.717, 1.165) is 25.0 Å². The molecule has 2 aliphatic rings. The first-order chi connectivity index (χ1) is 10.0. The van der Waals surface area contributed by atoms with E-state index in [4.69, 9.17) is 4.74 Å². The van der Waals surface area contributed by atoms with Crippen molar-refractivity contribution in [3.05, 3.63) is 35.9 Å². The topological polar surface area (TPSA) is 46.6 Å². The fraction of sp³-hybridized carbons (Fsp3) is 0.625. The van der Waals surface area contributed by atoms with E-state index in [2.05, 4.69) is 0 Å². The Morgan fingerprint density at radius 2 is 2.05 bits per heavy atom. The van der Waals surface area contributed by atoms with Crippen LogP contribution in [0.4, 0.5) is 0 Å². The molecule has 2 aliphatic heterocycles. The molecule has 0 aliphatic carbocycles. The van der Waals surface area contributed by atoms with E-state index in [1.807, 2.05) is 37.3 Å². The highest BCUT2D eigenvalue weighted by Crippen LogP contribution is 2.39. The predicted octanol–water partition coefficient (Wildman–Crippen LogP) is 2.23. The van der Waals surface area contributed by atoms with Gasteiger partial charge in [-0.25, -0.2) is 12.7 Å². The molecule has 0 radical (unpaired) electrons. The van der Waals surface area contributed by atoms with Crippen LogP contribution in [-0.2, 0) is 14.8 Å². The fourth-order valence-corrected chi connectivity index (χ4v) is 5.28. The van der Waals surface area contributed by atoms with Gasteiger partial charge in [-0.1, -0.05) is 37.3 Å². The average molecular weight is 309 g/mol. The minimum Gasteiger partial charge on any atom is -0.381 e. The molecule has 2 fully saturated rings. The van der Waals surface area contributed by atoms with Crippen LogP contribution in [0.5, 0.6) is 0 Å². The third kappa shape index (κ3) is 3.15. The highest BCUT2D eigenvalue weighted by molar-refractivity contribution is 7.89. The number of sulfonamides is 1. The molecule has 5 heteroatoms. The maximum Gasteiger partial charge on any atom is 0.214 e. The smallest absolute Gasteiger partial charge is 0.214 e. The lowest BCUT2D eigenvalue weighted by Crippen LogP contribution is -2.35. The molecule has 4 nitrogen and oxygen atoms in total. The Kier molecular flexibility index (Phi) is 4.08. The maximum absolute atomic E-state index is 12.6. The highest BCUT2D eigenvalue weighted by atomic mass is 32.2. The molecule has 0 amide bonds. The third-order valence-electron chi connectivity index (χ3n) is 4.81. The van der Waals surface area contributed by atoms with Gasteiger partial charge >= 0.3 is 0 Å². The van der Waals surface area contributed by atoms with Gasteiger partial charge in [-0.3, -0.25) is 0 Å². The average Bonchev–Trinajstić information content (AvgIpc) is 3.11. The van der Waals surface area contributed by atoms with Gasteiger partial charge in [0, 0.05) is 25.1 Å². The van der Waals surface area contributed by atoms with E-state index in [9.17, 15) is 8.42 Å². The summed E-state index contributed by atoms with van der Waals surface area (Å²) in [7, 11) is -3.19. The molecule has 21 heavy (non-hydrogen) atoms. The largest absolute Gasteiger partial charge is 0.381 e. The Hall–Kier alpha value is -0.910. The molecule has 2 atom stereocenters. The summed E-state index contributed by atoms with van der Waals surface area (Å²) in [4.78, 5) is 0. The normalized spacial score (nSPS) is 28.2. The summed E-state index contributed by atoms with van der Waals surface area (Å²) in [5.41, 5.74) is 1.17. The van der Waals surface area contributed by atoms with Gasteiger partial charge in [0.2, 0.25) is 10.0 Å². The molecule has 116 valence electrons. The zero-order valence-corrected chi connectivity index (χ0v) is 13.3. The first-order valence-corrected chi connectivity index (χ1v) is 9.22. The van der Waals surface area contributed by atoms with Crippen molar-refractivity contribution in [2.75, 3.05) is 32.1 Å². The Balaban J connectivity index is 1.67. The second-order valence-electron chi connectivity index (χ2n) is 6.48.